The topological polar surface area (TPSA) is 80.9 Å². The van der Waals surface area contributed by atoms with Crippen molar-refractivity contribution in [1.82, 2.24) is 0 Å². The van der Waals surface area contributed by atoms with Gasteiger partial charge in [-0.2, -0.15) is 0 Å². The number of rotatable bonds is 1. The zero-order valence-corrected chi connectivity index (χ0v) is 22.7. The van der Waals surface area contributed by atoms with Crippen molar-refractivity contribution in [3.63, 3.8) is 0 Å². The first-order valence-electron chi connectivity index (χ1n) is 14.0. The molecule has 4 heteroatoms. The highest BCUT2D eigenvalue weighted by atomic mass is 16.3. The summed E-state index contributed by atoms with van der Waals surface area (Å²) in [6.07, 6.45) is 8.76. The van der Waals surface area contributed by atoms with Gasteiger partial charge in [0.2, 0.25) is 0 Å². The van der Waals surface area contributed by atoms with Gasteiger partial charge in [-0.15, -0.1) is 0 Å². The summed E-state index contributed by atoms with van der Waals surface area (Å²) in [5.74, 6) is 0.798. The third-order valence-electron chi connectivity index (χ3n) is 13.3. The van der Waals surface area contributed by atoms with Crippen LogP contribution in [0.25, 0.3) is 0 Å². The van der Waals surface area contributed by atoms with Crippen molar-refractivity contribution in [3.05, 3.63) is 11.6 Å². The van der Waals surface area contributed by atoms with Gasteiger partial charge in [-0.05, 0) is 90.3 Å². The molecule has 5 aliphatic rings. The molecular formula is C30H50O4. The third-order valence-corrected chi connectivity index (χ3v) is 13.3. The van der Waals surface area contributed by atoms with Gasteiger partial charge >= 0.3 is 0 Å². The molecule has 11 atom stereocenters. The molecule has 0 aromatic carbocycles. The molecule has 5 aliphatic carbocycles. The lowest BCUT2D eigenvalue weighted by molar-refractivity contribution is -0.245. The summed E-state index contributed by atoms with van der Waals surface area (Å²) in [5.41, 5.74) is 0.918. The monoisotopic (exact) mass is 474 g/mol. The predicted molar refractivity (Wildman–Crippen MR) is 135 cm³/mol. The highest BCUT2D eigenvalue weighted by Gasteiger charge is 2.70. The molecular weight excluding hydrogens is 424 g/mol. The number of hydrogen-bond donors (Lipinski definition) is 4. The zero-order chi connectivity index (χ0) is 25.1. The second-order valence-electron chi connectivity index (χ2n) is 15.2. The number of hydrogen-bond acceptors (Lipinski definition) is 4. The lowest BCUT2D eigenvalue weighted by atomic mass is 9.33. The number of fused-ring (bicyclic) bond motifs is 7. The van der Waals surface area contributed by atoms with Crippen LogP contribution >= 0.6 is 0 Å². The molecule has 0 aliphatic heterocycles. The molecule has 0 aromatic rings. The molecule has 4 saturated carbocycles. The fourth-order valence-electron chi connectivity index (χ4n) is 10.7. The van der Waals surface area contributed by atoms with E-state index in [1.807, 2.05) is 6.92 Å². The molecule has 4 fully saturated rings. The van der Waals surface area contributed by atoms with E-state index in [-0.39, 0.29) is 51.6 Å². The van der Waals surface area contributed by atoms with E-state index >= 15 is 0 Å². The lowest BCUT2D eigenvalue weighted by Gasteiger charge is -2.72. The predicted octanol–water partition coefficient (Wildman–Crippen LogP) is 5.08. The maximum atomic E-state index is 11.7. The molecule has 194 valence electrons. The summed E-state index contributed by atoms with van der Waals surface area (Å²) in [6, 6.07) is 0. The van der Waals surface area contributed by atoms with Crippen LogP contribution < -0.4 is 0 Å². The van der Waals surface area contributed by atoms with E-state index in [0.29, 0.717) is 12.3 Å². The molecule has 0 radical (unpaired) electrons. The molecule has 0 amide bonds. The standard InChI is InChI=1S/C30H50O4/c1-25(2)12-13-26(3)14-15-29(6)18(22(26)24(25)34)8-9-21-27(4)16-19(32)23(33)28(5,17-31)20(27)10-11-30(21,29)7/h8,19-24,31-34H,9-17H2,1-7H3/t19-,20-,21-,22-,23+,24+,26-,27+,28-,29-,30-/m1/s1. The quantitative estimate of drug-likeness (QED) is 0.399. The van der Waals surface area contributed by atoms with E-state index < -0.39 is 17.6 Å². The second-order valence-corrected chi connectivity index (χ2v) is 15.2. The minimum absolute atomic E-state index is 0.0269. The maximum Gasteiger partial charge on any atom is 0.0877 e. The van der Waals surface area contributed by atoms with Crippen molar-refractivity contribution in [2.24, 2.45) is 50.2 Å². The Morgan fingerprint density at radius 1 is 0.824 bits per heavy atom. The Hall–Kier alpha value is -0.420. The average Bonchev–Trinajstić information content (AvgIpc) is 2.76. The first-order valence-corrected chi connectivity index (χ1v) is 14.0. The van der Waals surface area contributed by atoms with Crippen LogP contribution in [0.15, 0.2) is 11.6 Å². The Morgan fingerprint density at radius 3 is 2.12 bits per heavy atom. The van der Waals surface area contributed by atoms with Gasteiger partial charge < -0.3 is 20.4 Å². The van der Waals surface area contributed by atoms with Crippen molar-refractivity contribution in [1.29, 1.82) is 0 Å². The first kappa shape index (κ1) is 25.2. The smallest absolute Gasteiger partial charge is 0.0877 e. The van der Waals surface area contributed by atoms with Crippen LogP contribution in [0.2, 0.25) is 0 Å². The first-order chi connectivity index (χ1) is 15.6. The Labute approximate surface area is 207 Å². The van der Waals surface area contributed by atoms with Crippen LogP contribution in [0.1, 0.15) is 99.8 Å². The largest absolute Gasteiger partial charge is 0.396 e. The van der Waals surface area contributed by atoms with Crippen LogP contribution in [0, 0.1) is 50.2 Å². The molecule has 4 N–H and O–H groups in total. The molecule has 0 unspecified atom stereocenters. The number of aliphatic hydroxyl groups excluding tert-OH is 4. The summed E-state index contributed by atoms with van der Waals surface area (Å²) in [4.78, 5) is 0. The van der Waals surface area contributed by atoms with Crippen molar-refractivity contribution >= 4 is 0 Å². The van der Waals surface area contributed by atoms with Gasteiger partial charge in [0.25, 0.3) is 0 Å². The molecule has 0 aromatic heterocycles. The minimum atomic E-state index is -0.875. The third kappa shape index (κ3) is 2.86. The van der Waals surface area contributed by atoms with Crippen molar-refractivity contribution < 1.29 is 20.4 Å². The fourth-order valence-corrected chi connectivity index (χ4v) is 10.7. The molecule has 0 spiro atoms. The Balaban J connectivity index is 1.61. The van der Waals surface area contributed by atoms with Gasteiger partial charge in [0.1, 0.15) is 0 Å². The van der Waals surface area contributed by atoms with Gasteiger partial charge in [0, 0.05) is 11.3 Å². The van der Waals surface area contributed by atoms with Gasteiger partial charge in [-0.3, -0.25) is 0 Å². The van der Waals surface area contributed by atoms with Crippen LogP contribution in [0.5, 0.6) is 0 Å². The second kappa shape index (κ2) is 7.33. The van der Waals surface area contributed by atoms with E-state index in [1.165, 1.54) is 12.0 Å². The summed E-state index contributed by atoms with van der Waals surface area (Å²) in [7, 11) is 0. The summed E-state index contributed by atoms with van der Waals surface area (Å²) in [5, 5.41) is 44.0. The average molecular weight is 475 g/mol. The summed E-state index contributed by atoms with van der Waals surface area (Å²) in [6.45, 7) is 16.1. The summed E-state index contributed by atoms with van der Waals surface area (Å²) >= 11 is 0. The van der Waals surface area contributed by atoms with E-state index in [1.54, 1.807) is 0 Å². The van der Waals surface area contributed by atoms with E-state index in [9.17, 15) is 20.4 Å². The normalized spacial score (nSPS) is 58.6. The Kier molecular flexibility index (Phi) is 5.44. The van der Waals surface area contributed by atoms with Gasteiger partial charge in [0.15, 0.2) is 0 Å². The van der Waals surface area contributed by atoms with Crippen LogP contribution in [-0.4, -0.2) is 45.3 Å². The van der Waals surface area contributed by atoms with Crippen LogP contribution in [-0.2, 0) is 0 Å². The van der Waals surface area contributed by atoms with E-state index in [2.05, 4.69) is 47.6 Å². The SMILES string of the molecule is CC1(C)CC[C@]2(C)CC[C@]3(C)C(=CC[C@@H]4[C@@]5(C)C[C@@H](O)[C@H](O)[C@](C)(CO)[C@@H]5CC[C@]43C)[C@@H]2[C@@H]1O. The number of allylic oxidation sites excluding steroid dienone is 1. The number of aliphatic hydroxyl groups is 4. The zero-order valence-electron chi connectivity index (χ0n) is 22.7. The van der Waals surface area contributed by atoms with Crippen LogP contribution in [0.4, 0.5) is 0 Å². The fraction of sp³-hybridized carbons (Fsp3) is 0.933. The molecule has 0 bridgehead atoms. The molecule has 34 heavy (non-hydrogen) atoms. The molecule has 4 nitrogen and oxygen atoms in total. The Bertz CT molecular complexity index is 881. The maximum absolute atomic E-state index is 11.7. The lowest BCUT2D eigenvalue weighted by Crippen LogP contribution is -2.68. The van der Waals surface area contributed by atoms with Gasteiger partial charge in [-0.25, -0.2) is 0 Å². The molecule has 5 rings (SSSR count). The molecule has 0 saturated heterocycles. The van der Waals surface area contributed by atoms with Crippen LogP contribution in [0.3, 0.4) is 0 Å². The van der Waals surface area contributed by atoms with Gasteiger partial charge in [0.05, 0.1) is 24.9 Å². The van der Waals surface area contributed by atoms with Crippen molar-refractivity contribution in [2.45, 2.75) is 118 Å². The highest BCUT2D eigenvalue weighted by Crippen LogP contribution is 2.75. The van der Waals surface area contributed by atoms with Gasteiger partial charge in [-0.1, -0.05) is 60.1 Å². The van der Waals surface area contributed by atoms with Crippen molar-refractivity contribution in [3.8, 4) is 0 Å². The molecule has 0 heterocycles. The Morgan fingerprint density at radius 2 is 1.47 bits per heavy atom. The highest BCUT2D eigenvalue weighted by molar-refractivity contribution is 5.34. The van der Waals surface area contributed by atoms with E-state index in [4.69, 9.17) is 0 Å². The minimum Gasteiger partial charge on any atom is -0.396 e. The van der Waals surface area contributed by atoms with E-state index in [0.717, 1.165) is 38.5 Å². The summed E-state index contributed by atoms with van der Waals surface area (Å²) < 4.78 is 0. The van der Waals surface area contributed by atoms with Crippen molar-refractivity contribution in [2.75, 3.05) is 6.61 Å².